The molecular weight excluding hydrogens is 458 g/mol. The Hall–Kier alpha value is -4.59. The Labute approximate surface area is 209 Å². The minimum Gasteiger partial charge on any atom is -0.494 e. The number of aromatic nitrogens is 2. The zero-order chi connectivity index (χ0) is 25.5. The quantitative estimate of drug-likeness (QED) is 0.331. The molecule has 0 saturated carbocycles. The highest BCUT2D eigenvalue weighted by atomic mass is 16.5. The Balaban J connectivity index is 1.65. The number of nitrogens with one attached hydrogen (secondary N) is 1. The lowest BCUT2D eigenvalue weighted by molar-refractivity contribution is -0.122. The van der Waals surface area contributed by atoms with E-state index in [1.807, 2.05) is 60.7 Å². The molecule has 8 nitrogen and oxygen atoms in total. The molecule has 0 spiro atoms. The fourth-order valence-electron chi connectivity index (χ4n) is 3.64. The van der Waals surface area contributed by atoms with Crippen LogP contribution in [0.15, 0.2) is 84.9 Å². The van der Waals surface area contributed by atoms with Crippen LogP contribution >= 0.6 is 0 Å². The highest BCUT2D eigenvalue weighted by molar-refractivity contribution is 5.95. The third-order valence-electron chi connectivity index (χ3n) is 5.36. The van der Waals surface area contributed by atoms with Gasteiger partial charge in [-0.2, -0.15) is 5.10 Å². The minimum atomic E-state index is -0.703. The van der Waals surface area contributed by atoms with Crippen LogP contribution in [0, 0.1) is 0 Å². The second-order valence-electron chi connectivity index (χ2n) is 7.86. The lowest BCUT2D eigenvalue weighted by Crippen LogP contribution is -2.30. The van der Waals surface area contributed by atoms with E-state index >= 15 is 0 Å². The summed E-state index contributed by atoms with van der Waals surface area (Å²) in [5.74, 6) is 0.389. The molecule has 0 bridgehead atoms. The number of ether oxygens (including phenoxy) is 3. The van der Waals surface area contributed by atoms with Gasteiger partial charge in [0.2, 0.25) is 0 Å². The van der Waals surface area contributed by atoms with Gasteiger partial charge in [0.1, 0.15) is 17.2 Å². The van der Waals surface area contributed by atoms with E-state index in [1.54, 1.807) is 49.9 Å². The predicted octanol–water partition coefficient (Wildman–Crippen LogP) is 5.13. The number of nitrogens with zero attached hydrogens (tertiary/aromatic N) is 2. The molecule has 1 amide bonds. The van der Waals surface area contributed by atoms with Crippen molar-refractivity contribution in [1.82, 2.24) is 9.78 Å². The number of esters is 1. The molecule has 0 aliphatic heterocycles. The lowest BCUT2D eigenvalue weighted by atomic mass is 10.1. The highest BCUT2D eigenvalue weighted by Gasteiger charge is 2.20. The van der Waals surface area contributed by atoms with Gasteiger partial charge in [0.25, 0.3) is 5.91 Å². The summed E-state index contributed by atoms with van der Waals surface area (Å²) in [7, 11) is 1.57. The Morgan fingerprint density at radius 1 is 0.972 bits per heavy atom. The van der Waals surface area contributed by atoms with Crippen LogP contribution in [-0.4, -0.2) is 41.5 Å². The normalized spacial score (nSPS) is 11.4. The van der Waals surface area contributed by atoms with Crippen LogP contribution in [0.2, 0.25) is 0 Å². The van der Waals surface area contributed by atoms with E-state index in [1.165, 1.54) is 0 Å². The van der Waals surface area contributed by atoms with Gasteiger partial charge < -0.3 is 19.5 Å². The van der Waals surface area contributed by atoms with Crippen LogP contribution in [0.25, 0.3) is 16.9 Å². The molecule has 0 aliphatic carbocycles. The first-order valence-electron chi connectivity index (χ1n) is 11.5. The third kappa shape index (κ3) is 5.55. The summed E-state index contributed by atoms with van der Waals surface area (Å²) in [6.45, 7) is 3.67. The molecule has 0 fully saturated rings. The molecule has 4 aromatic rings. The van der Waals surface area contributed by atoms with E-state index < -0.39 is 12.1 Å². The maximum absolute atomic E-state index is 12.8. The Morgan fingerprint density at radius 2 is 1.72 bits per heavy atom. The number of anilines is 1. The summed E-state index contributed by atoms with van der Waals surface area (Å²) >= 11 is 0. The highest BCUT2D eigenvalue weighted by Crippen LogP contribution is 2.30. The number of hydrogen-bond acceptors (Lipinski definition) is 6. The second kappa shape index (κ2) is 11.2. The van der Waals surface area contributed by atoms with Crippen molar-refractivity contribution in [3.63, 3.8) is 0 Å². The topological polar surface area (TPSA) is 91.7 Å². The summed E-state index contributed by atoms with van der Waals surface area (Å²) in [6.07, 6.45) is -0.703. The average molecular weight is 486 g/mol. The van der Waals surface area contributed by atoms with Crippen molar-refractivity contribution in [3.05, 3.63) is 90.6 Å². The zero-order valence-electron chi connectivity index (χ0n) is 20.3. The Morgan fingerprint density at radius 3 is 2.47 bits per heavy atom. The van der Waals surface area contributed by atoms with Gasteiger partial charge >= 0.3 is 5.97 Å². The van der Waals surface area contributed by atoms with Crippen LogP contribution in [0.3, 0.4) is 0 Å². The molecular formula is C28H27N3O5. The van der Waals surface area contributed by atoms with Gasteiger partial charge in [-0.15, -0.1) is 0 Å². The van der Waals surface area contributed by atoms with Gasteiger partial charge in [-0.3, -0.25) is 4.79 Å². The molecule has 0 aliphatic rings. The number of methoxy groups -OCH3 is 1. The average Bonchev–Trinajstić information content (AvgIpc) is 3.35. The lowest BCUT2D eigenvalue weighted by Gasteiger charge is -2.15. The smallest absolute Gasteiger partial charge is 0.358 e. The van der Waals surface area contributed by atoms with Gasteiger partial charge in [-0.25, -0.2) is 9.48 Å². The Bertz CT molecular complexity index is 1350. The van der Waals surface area contributed by atoms with Crippen LogP contribution in [0.4, 0.5) is 5.69 Å². The zero-order valence-corrected chi connectivity index (χ0v) is 20.3. The first-order valence-corrected chi connectivity index (χ1v) is 11.5. The summed E-state index contributed by atoms with van der Waals surface area (Å²) in [5, 5.41) is 7.40. The third-order valence-corrected chi connectivity index (χ3v) is 5.36. The number of rotatable bonds is 9. The van der Waals surface area contributed by atoms with Crippen LogP contribution in [0.5, 0.6) is 11.5 Å². The van der Waals surface area contributed by atoms with Gasteiger partial charge in [0.05, 0.1) is 19.4 Å². The fourth-order valence-corrected chi connectivity index (χ4v) is 3.64. The molecule has 1 heterocycles. The molecule has 0 radical (unpaired) electrons. The van der Waals surface area contributed by atoms with E-state index in [0.717, 1.165) is 5.56 Å². The van der Waals surface area contributed by atoms with E-state index in [4.69, 9.17) is 14.2 Å². The fraction of sp³-hybridized carbons (Fsp3) is 0.179. The predicted molar refractivity (Wildman–Crippen MR) is 137 cm³/mol. The number of carbonyl (C=O) groups is 2. The number of hydrogen-bond donors (Lipinski definition) is 1. The van der Waals surface area contributed by atoms with E-state index in [0.29, 0.717) is 28.6 Å². The van der Waals surface area contributed by atoms with Crippen molar-refractivity contribution < 1.29 is 23.8 Å². The summed E-state index contributed by atoms with van der Waals surface area (Å²) in [5.41, 5.74) is 2.76. The van der Waals surface area contributed by atoms with E-state index in [2.05, 4.69) is 10.4 Å². The maximum Gasteiger partial charge on any atom is 0.358 e. The molecule has 36 heavy (non-hydrogen) atoms. The van der Waals surface area contributed by atoms with Gasteiger partial charge in [0, 0.05) is 11.3 Å². The monoisotopic (exact) mass is 485 g/mol. The van der Waals surface area contributed by atoms with E-state index in [9.17, 15) is 9.59 Å². The summed E-state index contributed by atoms with van der Waals surface area (Å²) < 4.78 is 18.0. The van der Waals surface area contributed by atoms with E-state index in [-0.39, 0.29) is 18.2 Å². The van der Waals surface area contributed by atoms with Crippen molar-refractivity contribution in [2.24, 2.45) is 0 Å². The first kappa shape index (κ1) is 24.5. The molecule has 1 aromatic heterocycles. The van der Waals surface area contributed by atoms with Crippen LogP contribution < -0.4 is 14.8 Å². The molecule has 8 heteroatoms. The van der Waals surface area contributed by atoms with Gasteiger partial charge in [-0.1, -0.05) is 42.5 Å². The minimum absolute atomic E-state index is 0.164. The van der Waals surface area contributed by atoms with Crippen molar-refractivity contribution in [2.45, 2.75) is 20.0 Å². The van der Waals surface area contributed by atoms with Crippen molar-refractivity contribution in [3.8, 4) is 28.4 Å². The SMILES string of the molecule is CCOC(=O)c1cc(-c2cccc(NC(=O)[C@@H](C)Oc3ccccc3)c2)n(-c2ccccc2OC)n1. The number of carbonyl (C=O) groups excluding carboxylic acids is 2. The molecule has 1 atom stereocenters. The second-order valence-corrected chi connectivity index (χ2v) is 7.86. The molecule has 0 unspecified atom stereocenters. The molecule has 184 valence electrons. The first-order chi connectivity index (χ1) is 17.5. The summed E-state index contributed by atoms with van der Waals surface area (Å²) in [4.78, 5) is 25.2. The van der Waals surface area contributed by atoms with Gasteiger partial charge in [-0.05, 0) is 56.3 Å². The van der Waals surface area contributed by atoms with Gasteiger partial charge in [0.15, 0.2) is 11.8 Å². The van der Waals surface area contributed by atoms with Crippen molar-refractivity contribution in [1.29, 1.82) is 0 Å². The molecule has 4 rings (SSSR count). The molecule has 0 saturated heterocycles. The van der Waals surface area contributed by atoms with Crippen LogP contribution in [0.1, 0.15) is 24.3 Å². The van der Waals surface area contributed by atoms with Crippen molar-refractivity contribution >= 4 is 17.6 Å². The largest absolute Gasteiger partial charge is 0.494 e. The van der Waals surface area contributed by atoms with Crippen molar-refractivity contribution in [2.75, 3.05) is 19.0 Å². The standard InChI is InChI=1S/C28H27N3O5/c1-4-35-28(33)23-18-25(31(30-23)24-15-8-9-16-26(24)34-3)20-11-10-12-21(17-20)29-27(32)19(2)36-22-13-6-5-7-14-22/h5-19H,4H2,1-3H3,(H,29,32)/t19-/m1/s1. The summed E-state index contributed by atoms with van der Waals surface area (Å²) in [6, 6.07) is 25.5. The molecule has 3 aromatic carbocycles. The Kier molecular flexibility index (Phi) is 7.65. The number of amides is 1. The number of para-hydroxylation sites is 3. The number of benzene rings is 3. The van der Waals surface area contributed by atoms with Crippen LogP contribution in [-0.2, 0) is 9.53 Å². The maximum atomic E-state index is 12.8. The molecule has 1 N–H and O–H groups in total.